The molecule has 0 bridgehead atoms. The van der Waals surface area contributed by atoms with E-state index in [9.17, 15) is 4.79 Å². The zero-order valence-corrected chi connectivity index (χ0v) is 10.6. The molecule has 19 heavy (non-hydrogen) atoms. The number of hydrogen-bond acceptors (Lipinski definition) is 2. The van der Waals surface area contributed by atoms with Crippen LogP contribution in [0.3, 0.4) is 0 Å². The normalized spacial score (nSPS) is 10.8. The molecule has 0 atom stereocenters. The van der Waals surface area contributed by atoms with Crippen LogP contribution in [0.15, 0.2) is 42.5 Å². The monoisotopic (exact) mass is 271 g/mol. The molecule has 0 saturated carbocycles. The van der Waals surface area contributed by atoms with E-state index >= 15 is 0 Å². The summed E-state index contributed by atoms with van der Waals surface area (Å²) in [7, 11) is 0. The Balaban J connectivity index is 2.06. The number of benzene rings is 2. The van der Waals surface area contributed by atoms with E-state index in [0.29, 0.717) is 10.6 Å². The van der Waals surface area contributed by atoms with Crippen LogP contribution in [0.5, 0.6) is 0 Å². The van der Waals surface area contributed by atoms with Gasteiger partial charge in [0.1, 0.15) is 5.82 Å². The van der Waals surface area contributed by atoms with Crippen LogP contribution >= 0.6 is 11.6 Å². The third-order valence-corrected chi connectivity index (χ3v) is 3.12. The van der Waals surface area contributed by atoms with Crippen LogP contribution in [-0.2, 0) is 0 Å². The zero-order chi connectivity index (χ0) is 13.4. The Morgan fingerprint density at radius 2 is 1.89 bits per heavy atom. The van der Waals surface area contributed by atoms with Crippen molar-refractivity contribution in [2.75, 3.05) is 0 Å². The summed E-state index contributed by atoms with van der Waals surface area (Å²) in [6.45, 7) is 0. The number of rotatable bonds is 2. The van der Waals surface area contributed by atoms with Gasteiger partial charge >= 0.3 is 0 Å². The third-order valence-electron chi connectivity index (χ3n) is 2.89. The number of nitrogens with zero attached hydrogens (tertiary/aromatic N) is 1. The highest BCUT2D eigenvalue weighted by molar-refractivity contribution is 6.31. The molecule has 0 radical (unpaired) electrons. The average Bonchev–Trinajstić information content (AvgIpc) is 2.81. The fraction of sp³-hybridized carbons (Fsp3) is 0. The first-order chi connectivity index (χ1) is 9.13. The van der Waals surface area contributed by atoms with Crippen molar-refractivity contribution in [3.8, 4) is 11.4 Å². The quantitative estimate of drug-likeness (QED) is 0.752. The molecule has 0 aliphatic carbocycles. The van der Waals surface area contributed by atoms with E-state index in [1.165, 1.54) is 0 Å². The lowest BCUT2D eigenvalue weighted by atomic mass is 10.1. The SMILES string of the molecule is NC(=O)c1ccc(-c2nc3ccc(Cl)cc3[nH]2)cc1. The predicted octanol–water partition coefficient (Wildman–Crippen LogP) is 2.98. The zero-order valence-electron chi connectivity index (χ0n) is 9.85. The summed E-state index contributed by atoms with van der Waals surface area (Å²) < 4.78 is 0. The lowest BCUT2D eigenvalue weighted by Crippen LogP contribution is -2.10. The summed E-state index contributed by atoms with van der Waals surface area (Å²) in [4.78, 5) is 18.7. The molecule has 0 saturated heterocycles. The first kappa shape index (κ1) is 11.7. The van der Waals surface area contributed by atoms with E-state index in [1.54, 1.807) is 30.3 Å². The highest BCUT2D eigenvalue weighted by Crippen LogP contribution is 2.23. The average molecular weight is 272 g/mol. The largest absolute Gasteiger partial charge is 0.366 e. The molecule has 0 aliphatic rings. The molecule has 1 amide bonds. The molecule has 0 spiro atoms. The minimum absolute atomic E-state index is 0.442. The minimum atomic E-state index is -0.442. The maximum absolute atomic E-state index is 11.0. The Labute approximate surface area is 114 Å². The summed E-state index contributed by atoms with van der Waals surface area (Å²) in [5.74, 6) is 0.288. The Morgan fingerprint density at radius 3 is 2.58 bits per heavy atom. The van der Waals surface area contributed by atoms with E-state index in [0.717, 1.165) is 22.4 Å². The number of H-pyrrole nitrogens is 1. The van der Waals surface area contributed by atoms with Gasteiger partial charge in [-0.2, -0.15) is 0 Å². The third kappa shape index (κ3) is 2.18. The van der Waals surface area contributed by atoms with Crippen molar-refractivity contribution < 1.29 is 4.79 Å². The Kier molecular flexibility index (Phi) is 2.72. The number of imidazole rings is 1. The van der Waals surface area contributed by atoms with Crippen molar-refractivity contribution in [2.45, 2.75) is 0 Å². The fourth-order valence-electron chi connectivity index (χ4n) is 1.91. The second kappa shape index (κ2) is 4.40. The van der Waals surface area contributed by atoms with Crippen LogP contribution in [0, 0.1) is 0 Å². The number of hydrogen-bond donors (Lipinski definition) is 2. The number of carbonyl (C=O) groups excluding carboxylic acids is 1. The summed E-state index contributed by atoms with van der Waals surface area (Å²) >= 11 is 5.93. The summed E-state index contributed by atoms with van der Waals surface area (Å²) in [6, 6.07) is 12.4. The van der Waals surface area contributed by atoms with Crippen molar-refractivity contribution in [1.82, 2.24) is 9.97 Å². The lowest BCUT2D eigenvalue weighted by molar-refractivity contribution is 0.100. The van der Waals surface area contributed by atoms with E-state index in [2.05, 4.69) is 9.97 Å². The van der Waals surface area contributed by atoms with Gasteiger partial charge in [-0.3, -0.25) is 4.79 Å². The van der Waals surface area contributed by atoms with Gasteiger partial charge in [-0.05, 0) is 30.3 Å². The second-order valence-corrected chi connectivity index (χ2v) is 4.62. The number of fused-ring (bicyclic) bond motifs is 1. The van der Waals surface area contributed by atoms with Crippen molar-refractivity contribution in [3.05, 3.63) is 53.1 Å². The number of nitrogens with two attached hydrogens (primary N) is 1. The van der Waals surface area contributed by atoms with Gasteiger partial charge in [-0.15, -0.1) is 0 Å². The molecule has 4 nitrogen and oxygen atoms in total. The van der Waals surface area contributed by atoms with Gasteiger partial charge in [0, 0.05) is 16.1 Å². The molecular formula is C14H10ClN3O. The van der Waals surface area contributed by atoms with Gasteiger partial charge in [0.25, 0.3) is 0 Å². The number of aromatic nitrogens is 2. The van der Waals surface area contributed by atoms with Crippen molar-refractivity contribution >= 4 is 28.5 Å². The summed E-state index contributed by atoms with van der Waals surface area (Å²) in [5, 5.41) is 0.659. The minimum Gasteiger partial charge on any atom is -0.366 e. The Morgan fingerprint density at radius 1 is 1.16 bits per heavy atom. The number of aromatic amines is 1. The molecule has 3 N–H and O–H groups in total. The molecule has 5 heteroatoms. The van der Waals surface area contributed by atoms with E-state index < -0.39 is 5.91 Å². The van der Waals surface area contributed by atoms with Crippen molar-refractivity contribution in [3.63, 3.8) is 0 Å². The topological polar surface area (TPSA) is 71.8 Å². The fourth-order valence-corrected chi connectivity index (χ4v) is 2.08. The lowest BCUT2D eigenvalue weighted by Gasteiger charge is -1.98. The standard InChI is InChI=1S/C14H10ClN3O/c15-10-5-6-11-12(7-10)18-14(17-11)9-3-1-8(2-4-9)13(16)19/h1-7H,(H2,16,19)(H,17,18). The molecule has 0 unspecified atom stereocenters. The highest BCUT2D eigenvalue weighted by atomic mass is 35.5. The number of amides is 1. The van der Waals surface area contributed by atoms with Gasteiger partial charge in [-0.25, -0.2) is 4.98 Å². The van der Waals surface area contributed by atoms with Crippen LogP contribution in [0.4, 0.5) is 0 Å². The smallest absolute Gasteiger partial charge is 0.248 e. The number of nitrogens with one attached hydrogen (secondary N) is 1. The highest BCUT2D eigenvalue weighted by Gasteiger charge is 2.06. The first-order valence-electron chi connectivity index (χ1n) is 5.69. The molecule has 1 aromatic heterocycles. The number of carbonyl (C=O) groups is 1. The second-order valence-electron chi connectivity index (χ2n) is 4.19. The Hall–Kier alpha value is -2.33. The molecule has 2 aromatic carbocycles. The summed E-state index contributed by atoms with van der Waals surface area (Å²) in [6.07, 6.45) is 0. The number of primary amides is 1. The van der Waals surface area contributed by atoms with Crippen LogP contribution in [0.1, 0.15) is 10.4 Å². The molecule has 3 rings (SSSR count). The van der Waals surface area contributed by atoms with Gasteiger partial charge in [0.05, 0.1) is 11.0 Å². The van der Waals surface area contributed by atoms with Crippen LogP contribution in [0.2, 0.25) is 5.02 Å². The molecular weight excluding hydrogens is 262 g/mol. The van der Waals surface area contributed by atoms with Crippen molar-refractivity contribution in [2.24, 2.45) is 5.73 Å². The van der Waals surface area contributed by atoms with Crippen LogP contribution < -0.4 is 5.73 Å². The van der Waals surface area contributed by atoms with Gasteiger partial charge in [0.15, 0.2) is 0 Å². The molecule has 0 fully saturated rings. The molecule has 3 aromatic rings. The van der Waals surface area contributed by atoms with E-state index in [4.69, 9.17) is 17.3 Å². The van der Waals surface area contributed by atoms with E-state index in [1.807, 2.05) is 12.1 Å². The first-order valence-corrected chi connectivity index (χ1v) is 6.07. The Bertz CT molecular complexity index is 762. The maximum Gasteiger partial charge on any atom is 0.248 e. The van der Waals surface area contributed by atoms with Crippen LogP contribution in [-0.4, -0.2) is 15.9 Å². The van der Waals surface area contributed by atoms with Crippen molar-refractivity contribution in [1.29, 1.82) is 0 Å². The van der Waals surface area contributed by atoms with Gasteiger partial charge in [0.2, 0.25) is 5.91 Å². The molecule has 1 heterocycles. The van der Waals surface area contributed by atoms with Gasteiger partial charge < -0.3 is 10.7 Å². The summed E-state index contributed by atoms with van der Waals surface area (Å²) in [5.41, 5.74) is 8.29. The van der Waals surface area contributed by atoms with Gasteiger partial charge in [-0.1, -0.05) is 23.7 Å². The van der Waals surface area contributed by atoms with Crippen LogP contribution in [0.25, 0.3) is 22.4 Å². The molecule has 94 valence electrons. The predicted molar refractivity (Wildman–Crippen MR) is 75.1 cm³/mol. The molecule has 0 aliphatic heterocycles. The maximum atomic E-state index is 11.0. The van der Waals surface area contributed by atoms with E-state index in [-0.39, 0.29) is 0 Å². The number of halogens is 1.